The lowest BCUT2D eigenvalue weighted by molar-refractivity contribution is 0.590. The maximum atomic E-state index is 6.97. The lowest BCUT2D eigenvalue weighted by Crippen LogP contribution is -2.60. The van der Waals surface area contributed by atoms with E-state index in [0.717, 1.165) is 83.5 Å². The third-order valence-corrected chi connectivity index (χ3v) is 14.8. The number of hydrogen-bond donors (Lipinski definition) is 0. The molecule has 5 nitrogen and oxygen atoms in total. The van der Waals surface area contributed by atoms with Gasteiger partial charge >= 0.3 is 0 Å². The number of fused-ring (bicyclic) bond motifs is 12. The number of para-hydroxylation sites is 4. The molecule has 3 aromatic heterocycles. The average molecular weight is 884 g/mol. The molecule has 68 heavy (non-hydrogen) atoms. The largest absolute Gasteiger partial charge is 0.454 e. The third-order valence-electron chi connectivity index (χ3n) is 14.8. The lowest BCUT2D eigenvalue weighted by atomic mass is 9.33. The van der Waals surface area contributed by atoms with Crippen molar-refractivity contribution in [2.45, 2.75) is 78.6 Å². The first-order chi connectivity index (χ1) is 32.6. The molecule has 0 bridgehead atoms. The number of aromatic nitrogens is 1. The van der Waals surface area contributed by atoms with Gasteiger partial charge in [-0.25, -0.2) is 0 Å². The Morgan fingerprint density at radius 3 is 1.60 bits per heavy atom. The maximum Gasteiger partial charge on any atom is 0.252 e. The molecule has 2 aliphatic heterocycles. The van der Waals surface area contributed by atoms with Crippen molar-refractivity contribution in [1.82, 2.24) is 4.57 Å². The average Bonchev–Trinajstić information content (AvgIpc) is 4.00. The van der Waals surface area contributed by atoms with Gasteiger partial charge in [-0.15, -0.1) is 0 Å². The molecule has 0 amide bonds. The van der Waals surface area contributed by atoms with Crippen molar-refractivity contribution in [2.75, 3.05) is 9.80 Å². The SMILES string of the molecule is CC(C)(C)c1ccc(N(c2ccc(C(C)(C)C)cc2)c2ccc3c(c2)N(c2cccc4c2oc2ccccc24)c2cc(C(C)(C)C)cc4c2B3c2cccc3c5oc6ccccc6c5n-4c23)cc1. The van der Waals surface area contributed by atoms with Gasteiger partial charge in [-0.1, -0.05) is 147 Å². The van der Waals surface area contributed by atoms with Crippen LogP contribution in [-0.2, 0) is 16.2 Å². The molecule has 0 N–H and O–H groups in total. The van der Waals surface area contributed by atoms with E-state index in [0.29, 0.717) is 0 Å². The summed E-state index contributed by atoms with van der Waals surface area (Å²) >= 11 is 0. The van der Waals surface area contributed by atoms with Crippen molar-refractivity contribution in [2.24, 2.45) is 0 Å². The fourth-order valence-corrected chi connectivity index (χ4v) is 11.3. The zero-order valence-corrected chi connectivity index (χ0v) is 40.3. The smallest absolute Gasteiger partial charge is 0.252 e. The number of hydrogen-bond acceptors (Lipinski definition) is 4. The molecule has 0 atom stereocenters. The summed E-state index contributed by atoms with van der Waals surface area (Å²) in [5.41, 5.74) is 21.2. The van der Waals surface area contributed by atoms with Gasteiger partial charge in [0.05, 0.1) is 11.2 Å². The monoisotopic (exact) mass is 883 g/mol. The topological polar surface area (TPSA) is 37.7 Å². The minimum absolute atomic E-state index is 0.0260. The van der Waals surface area contributed by atoms with Crippen molar-refractivity contribution in [1.29, 1.82) is 0 Å². The number of rotatable bonds is 4. The minimum atomic E-state index is -0.170. The van der Waals surface area contributed by atoms with Crippen LogP contribution in [0.2, 0.25) is 0 Å². The van der Waals surface area contributed by atoms with Gasteiger partial charge in [-0.3, -0.25) is 0 Å². The molecule has 332 valence electrons. The van der Waals surface area contributed by atoms with Crippen LogP contribution >= 0.6 is 0 Å². The molecule has 8 aromatic carbocycles. The summed E-state index contributed by atoms with van der Waals surface area (Å²) < 4.78 is 16.3. The van der Waals surface area contributed by atoms with Crippen LogP contribution < -0.4 is 26.2 Å². The minimum Gasteiger partial charge on any atom is -0.454 e. The van der Waals surface area contributed by atoms with Crippen molar-refractivity contribution < 1.29 is 8.83 Å². The summed E-state index contributed by atoms with van der Waals surface area (Å²) in [4.78, 5) is 4.95. The molecule has 0 saturated heterocycles. The van der Waals surface area contributed by atoms with E-state index in [-0.39, 0.29) is 23.0 Å². The highest BCUT2D eigenvalue weighted by molar-refractivity contribution is 7.00. The molecule has 5 heterocycles. The highest BCUT2D eigenvalue weighted by Crippen LogP contribution is 2.49. The second-order valence-corrected chi connectivity index (χ2v) is 22.2. The Bertz CT molecular complexity index is 3810. The first kappa shape index (κ1) is 40.8. The van der Waals surface area contributed by atoms with Crippen molar-refractivity contribution in [3.05, 3.63) is 180 Å². The number of nitrogens with zero attached hydrogens (tertiary/aromatic N) is 3. The second kappa shape index (κ2) is 14.1. The Kier molecular flexibility index (Phi) is 8.43. The van der Waals surface area contributed by atoms with E-state index in [1.807, 2.05) is 0 Å². The summed E-state index contributed by atoms with van der Waals surface area (Å²) in [5.74, 6) is 0. The molecule has 13 rings (SSSR count). The zero-order valence-electron chi connectivity index (χ0n) is 40.3. The van der Waals surface area contributed by atoms with Gasteiger partial charge in [0.25, 0.3) is 6.71 Å². The van der Waals surface area contributed by atoms with Crippen LogP contribution in [0.25, 0.3) is 60.6 Å². The molecule has 0 saturated carbocycles. The Balaban J connectivity index is 1.14. The van der Waals surface area contributed by atoms with E-state index >= 15 is 0 Å². The normalized spacial score (nSPS) is 13.6. The first-order valence-electron chi connectivity index (χ1n) is 24.1. The molecular formula is C62H54BN3O2. The fourth-order valence-electron chi connectivity index (χ4n) is 11.3. The highest BCUT2D eigenvalue weighted by Gasteiger charge is 2.44. The second-order valence-electron chi connectivity index (χ2n) is 22.2. The van der Waals surface area contributed by atoms with E-state index in [2.05, 4.69) is 240 Å². The first-order valence-corrected chi connectivity index (χ1v) is 24.1. The van der Waals surface area contributed by atoms with Crippen molar-refractivity contribution >= 4 is 112 Å². The number of anilines is 6. The molecule has 0 aliphatic carbocycles. The molecule has 2 aliphatic rings. The predicted molar refractivity (Wildman–Crippen MR) is 288 cm³/mol. The Morgan fingerprint density at radius 1 is 0.397 bits per heavy atom. The Labute approximate surface area is 398 Å². The number of benzene rings is 8. The van der Waals surface area contributed by atoms with Crippen LogP contribution in [0.4, 0.5) is 34.1 Å². The van der Waals surface area contributed by atoms with Crippen LogP contribution in [0.3, 0.4) is 0 Å². The summed E-state index contributed by atoms with van der Waals surface area (Å²) in [5, 5.41) is 4.47. The quantitative estimate of drug-likeness (QED) is 0.165. The van der Waals surface area contributed by atoms with Crippen LogP contribution in [-0.4, -0.2) is 11.3 Å². The summed E-state index contributed by atoms with van der Waals surface area (Å²) in [6.07, 6.45) is 0. The maximum absolute atomic E-state index is 6.97. The summed E-state index contributed by atoms with van der Waals surface area (Å²) in [6.45, 7) is 20.6. The van der Waals surface area contributed by atoms with E-state index in [1.165, 1.54) is 44.3 Å². The Hall–Kier alpha value is -7.44. The molecule has 0 unspecified atom stereocenters. The number of furan rings is 2. The van der Waals surface area contributed by atoms with Crippen LogP contribution in [0.15, 0.2) is 173 Å². The molecule has 0 fully saturated rings. The van der Waals surface area contributed by atoms with E-state index < -0.39 is 0 Å². The van der Waals surface area contributed by atoms with E-state index in [9.17, 15) is 0 Å². The zero-order chi connectivity index (χ0) is 46.6. The van der Waals surface area contributed by atoms with Gasteiger partial charge in [0.15, 0.2) is 11.2 Å². The Morgan fingerprint density at radius 2 is 0.941 bits per heavy atom. The van der Waals surface area contributed by atoms with Gasteiger partial charge in [-0.05, 0) is 128 Å². The highest BCUT2D eigenvalue weighted by atomic mass is 16.3. The van der Waals surface area contributed by atoms with E-state index in [1.54, 1.807) is 0 Å². The summed E-state index contributed by atoms with van der Waals surface area (Å²) in [6, 6.07) is 60.8. The predicted octanol–water partition coefficient (Wildman–Crippen LogP) is 15.4. The standard InChI is InChI=1S/C62H54BN3O2/c1-60(2,3)37-24-28-40(29-25-37)64(41-30-26-38(27-31-41)61(4,5)6)42-32-33-47-50(36-42)65(49-21-15-18-44-43-16-10-12-22-53(43)67-58(44)49)51-34-39(62(7,8)9)35-52-55(51)63(47)48-20-14-19-46-56(48)66(52)57-45-17-11-13-23-54(45)68-59(46)57/h10-36H,1-9H3. The van der Waals surface area contributed by atoms with Crippen LogP contribution in [0.5, 0.6) is 0 Å². The van der Waals surface area contributed by atoms with Crippen LogP contribution in [0, 0.1) is 0 Å². The molecule has 11 aromatic rings. The molecule has 0 spiro atoms. The van der Waals surface area contributed by atoms with Gasteiger partial charge < -0.3 is 23.2 Å². The van der Waals surface area contributed by atoms with Gasteiger partial charge in [0.2, 0.25) is 0 Å². The molecular weight excluding hydrogens is 830 g/mol. The fraction of sp³-hybridized carbons (Fsp3) is 0.194. The molecule has 6 heteroatoms. The van der Waals surface area contributed by atoms with Crippen molar-refractivity contribution in [3.8, 4) is 5.69 Å². The van der Waals surface area contributed by atoms with Gasteiger partial charge in [0.1, 0.15) is 16.7 Å². The van der Waals surface area contributed by atoms with Crippen LogP contribution in [0.1, 0.15) is 79.0 Å². The summed E-state index contributed by atoms with van der Waals surface area (Å²) in [7, 11) is 0. The van der Waals surface area contributed by atoms with Gasteiger partial charge in [0, 0.05) is 55.7 Å². The lowest BCUT2D eigenvalue weighted by Gasteiger charge is -2.42. The third kappa shape index (κ3) is 5.89. The molecule has 0 radical (unpaired) electrons. The van der Waals surface area contributed by atoms with E-state index in [4.69, 9.17) is 8.83 Å². The van der Waals surface area contributed by atoms with Gasteiger partial charge in [-0.2, -0.15) is 0 Å². The van der Waals surface area contributed by atoms with Crippen molar-refractivity contribution in [3.63, 3.8) is 0 Å².